The second kappa shape index (κ2) is 9.17. The molecule has 0 aliphatic heterocycles. The molecule has 25 heavy (non-hydrogen) atoms. The number of ether oxygens (including phenoxy) is 2. The predicted octanol–water partition coefficient (Wildman–Crippen LogP) is 4.29. The van der Waals surface area contributed by atoms with Crippen LogP contribution in [0.4, 0.5) is 5.13 Å². The number of aromatic nitrogens is 1. The molecule has 0 aliphatic carbocycles. The van der Waals surface area contributed by atoms with Crippen molar-refractivity contribution in [3.05, 3.63) is 34.3 Å². The average molecular weight is 361 g/mol. The summed E-state index contributed by atoms with van der Waals surface area (Å²) in [6.07, 6.45) is 2.62. The summed E-state index contributed by atoms with van der Waals surface area (Å²) >= 11 is 1.30. The van der Waals surface area contributed by atoms with E-state index in [2.05, 4.69) is 22.4 Å². The van der Waals surface area contributed by atoms with Crippen LogP contribution < -0.4 is 14.9 Å². The molecule has 1 heterocycles. The van der Waals surface area contributed by atoms with Gasteiger partial charge in [0.15, 0.2) is 17.3 Å². The summed E-state index contributed by atoms with van der Waals surface area (Å²) in [5.41, 5.74) is 4.45. The molecule has 0 bridgehead atoms. The van der Waals surface area contributed by atoms with Crippen molar-refractivity contribution < 1.29 is 14.3 Å². The number of nitrogens with zero attached hydrogens (tertiary/aromatic N) is 2. The minimum absolute atomic E-state index is 0.0102. The van der Waals surface area contributed by atoms with Crippen molar-refractivity contribution in [3.8, 4) is 11.5 Å². The molecule has 0 saturated carbocycles. The van der Waals surface area contributed by atoms with Crippen LogP contribution in [0.2, 0.25) is 0 Å². The van der Waals surface area contributed by atoms with Crippen LogP contribution >= 0.6 is 11.3 Å². The Labute approximate surface area is 151 Å². The van der Waals surface area contributed by atoms with Gasteiger partial charge in [-0.2, -0.15) is 5.10 Å². The number of hydrogen-bond donors (Lipinski definition) is 1. The molecule has 0 aliphatic rings. The van der Waals surface area contributed by atoms with E-state index in [4.69, 9.17) is 9.47 Å². The summed E-state index contributed by atoms with van der Waals surface area (Å²) in [6.45, 7) is 8.55. The molecule has 2 aromatic rings. The first-order chi connectivity index (χ1) is 12.0. The first-order valence-corrected chi connectivity index (χ1v) is 9.03. The first kappa shape index (κ1) is 18.9. The van der Waals surface area contributed by atoms with Crippen LogP contribution in [-0.2, 0) is 0 Å². The number of rotatable bonds is 9. The standard InChI is InChI=1S/C18H23N3O3S/c1-5-9-24-15-8-7-14(10-16(15)23-6-2)11-19-21-18-20-12(3)17(25-18)13(4)22/h7-8,10-11H,5-6,9H2,1-4H3,(H,20,21)/b19-11-. The fourth-order valence-electron chi connectivity index (χ4n) is 2.14. The van der Waals surface area contributed by atoms with Crippen LogP contribution in [0.3, 0.4) is 0 Å². The maximum atomic E-state index is 11.5. The van der Waals surface area contributed by atoms with Crippen molar-refractivity contribution in [2.75, 3.05) is 18.6 Å². The Morgan fingerprint density at radius 1 is 1.32 bits per heavy atom. The minimum atomic E-state index is 0.0102. The zero-order valence-corrected chi connectivity index (χ0v) is 15.8. The molecule has 0 spiro atoms. The van der Waals surface area contributed by atoms with Crippen molar-refractivity contribution in [2.24, 2.45) is 5.10 Å². The lowest BCUT2D eigenvalue weighted by molar-refractivity contribution is 0.102. The second-order valence-corrected chi connectivity index (χ2v) is 6.35. The van der Waals surface area contributed by atoms with Crippen LogP contribution in [0.25, 0.3) is 0 Å². The third kappa shape index (κ3) is 5.29. The van der Waals surface area contributed by atoms with E-state index in [9.17, 15) is 4.79 Å². The van der Waals surface area contributed by atoms with Gasteiger partial charge in [0.25, 0.3) is 0 Å². The Balaban J connectivity index is 2.08. The average Bonchev–Trinajstić information content (AvgIpc) is 2.95. The summed E-state index contributed by atoms with van der Waals surface area (Å²) in [4.78, 5) is 16.4. The Kier molecular flexibility index (Phi) is 6.94. The first-order valence-electron chi connectivity index (χ1n) is 8.22. The number of aryl methyl sites for hydroxylation is 1. The summed E-state index contributed by atoms with van der Waals surface area (Å²) < 4.78 is 11.3. The van der Waals surface area contributed by atoms with E-state index in [0.29, 0.717) is 34.7 Å². The molecular weight excluding hydrogens is 338 g/mol. The number of nitrogens with one attached hydrogen (secondary N) is 1. The molecule has 2 rings (SSSR count). The Morgan fingerprint density at radius 2 is 2.12 bits per heavy atom. The van der Waals surface area contributed by atoms with Gasteiger partial charge in [0.1, 0.15) is 0 Å². The fraction of sp³-hybridized carbons (Fsp3) is 0.389. The summed E-state index contributed by atoms with van der Waals surface area (Å²) in [7, 11) is 0. The van der Waals surface area contributed by atoms with Crippen LogP contribution in [0.1, 0.15) is 48.1 Å². The highest BCUT2D eigenvalue weighted by atomic mass is 32.1. The van der Waals surface area contributed by atoms with Gasteiger partial charge in [-0.3, -0.25) is 10.2 Å². The highest BCUT2D eigenvalue weighted by Crippen LogP contribution is 2.28. The van der Waals surface area contributed by atoms with Crippen LogP contribution in [0.15, 0.2) is 23.3 Å². The predicted molar refractivity (Wildman–Crippen MR) is 101 cm³/mol. The topological polar surface area (TPSA) is 72.8 Å². The zero-order chi connectivity index (χ0) is 18.2. The molecule has 7 heteroatoms. The number of carbonyl (C=O) groups excluding carboxylic acids is 1. The molecule has 0 atom stereocenters. The van der Waals surface area contributed by atoms with Crippen molar-refractivity contribution in [3.63, 3.8) is 0 Å². The third-order valence-electron chi connectivity index (χ3n) is 3.22. The lowest BCUT2D eigenvalue weighted by Gasteiger charge is -2.11. The molecule has 6 nitrogen and oxygen atoms in total. The van der Waals surface area contributed by atoms with E-state index < -0.39 is 0 Å². The van der Waals surface area contributed by atoms with E-state index in [1.54, 1.807) is 6.21 Å². The monoisotopic (exact) mass is 361 g/mol. The number of benzene rings is 1. The molecule has 1 aromatic heterocycles. The van der Waals surface area contributed by atoms with Crippen molar-refractivity contribution in [2.45, 2.75) is 34.1 Å². The molecule has 1 N–H and O–H groups in total. The Bertz CT molecular complexity index is 756. The molecule has 0 unspecified atom stereocenters. The summed E-state index contributed by atoms with van der Waals surface area (Å²) in [5, 5.41) is 4.77. The normalized spacial score (nSPS) is 10.9. The molecule has 0 saturated heterocycles. The Hall–Kier alpha value is -2.41. The van der Waals surface area contributed by atoms with Gasteiger partial charge < -0.3 is 9.47 Å². The van der Waals surface area contributed by atoms with E-state index in [1.807, 2.05) is 32.0 Å². The lowest BCUT2D eigenvalue weighted by Crippen LogP contribution is -2.00. The zero-order valence-electron chi connectivity index (χ0n) is 15.0. The van der Waals surface area contributed by atoms with Crippen molar-refractivity contribution in [1.29, 1.82) is 0 Å². The SMILES string of the molecule is CCCOc1ccc(/C=N\Nc2nc(C)c(C(C)=O)s2)cc1OCC. The number of carbonyl (C=O) groups is 1. The Morgan fingerprint density at radius 3 is 2.76 bits per heavy atom. The number of Topliss-reactive ketones (excluding diaryl/α,β-unsaturated/α-hetero) is 1. The fourth-order valence-corrected chi connectivity index (χ4v) is 2.95. The van der Waals surface area contributed by atoms with Crippen molar-refractivity contribution >= 4 is 28.5 Å². The van der Waals surface area contributed by atoms with E-state index in [-0.39, 0.29) is 5.78 Å². The van der Waals surface area contributed by atoms with E-state index in [0.717, 1.165) is 17.7 Å². The maximum Gasteiger partial charge on any atom is 0.204 e. The van der Waals surface area contributed by atoms with Crippen LogP contribution in [0, 0.1) is 6.92 Å². The van der Waals surface area contributed by atoms with Gasteiger partial charge in [0, 0.05) is 6.92 Å². The number of ketones is 1. The summed E-state index contributed by atoms with van der Waals surface area (Å²) in [5.74, 6) is 1.44. The van der Waals surface area contributed by atoms with Gasteiger partial charge in [-0.15, -0.1) is 0 Å². The molecule has 0 fully saturated rings. The van der Waals surface area contributed by atoms with Gasteiger partial charge >= 0.3 is 0 Å². The highest BCUT2D eigenvalue weighted by molar-refractivity contribution is 7.17. The van der Waals surface area contributed by atoms with Gasteiger partial charge in [-0.25, -0.2) is 4.98 Å². The number of hydrogen-bond acceptors (Lipinski definition) is 7. The third-order valence-corrected chi connectivity index (χ3v) is 4.38. The van der Waals surface area contributed by atoms with Gasteiger partial charge in [-0.05, 0) is 44.0 Å². The second-order valence-electron chi connectivity index (χ2n) is 5.35. The summed E-state index contributed by atoms with van der Waals surface area (Å²) in [6, 6.07) is 5.67. The number of hydrazone groups is 1. The highest BCUT2D eigenvalue weighted by Gasteiger charge is 2.10. The maximum absolute atomic E-state index is 11.5. The van der Waals surface area contributed by atoms with Crippen LogP contribution in [0.5, 0.6) is 11.5 Å². The van der Waals surface area contributed by atoms with Gasteiger partial charge in [0.2, 0.25) is 5.13 Å². The molecule has 134 valence electrons. The van der Waals surface area contributed by atoms with Gasteiger partial charge in [-0.1, -0.05) is 18.3 Å². The van der Waals surface area contributed by atoms with E-state index in [1.165, 1.54) is 18.3 Å². The van der Waals surface area contributed by atoms with E-state index >= 15 is 0 Å². The molecular formula is C18H23N3O3S. The molecule has 0 radical (unpaired) electrons. The quantitative estimate of drug-likeness (QED) is 0.410. The molecule has 0 amide bonds. The number of thiazole rings is 1. The molecule has 1 aromatic carbocycles. The smallest absolute Gasteiger partial charge is 0.204 e. The number of anilines is 1. The largest absolute Gasteiger partial charge is 0.490 e. The van der Waals surface area contributed by atoms with Crippen molar-refractivity contribution in [1.82, 2.24) is 4.98 Å². The van der Waals surface area contributed by atoms with Gasteiger partial charge in [0.05, 0.1) is 30.0 Å². The lowest BCUT2D eigenvalue weighted by atomic mass is 10.2. The van der Waals surface area contributed by atoms with Crippen LogP contribution in [-0.4, -0.2) is 30.2 Å². The minimum Gasteiger partial charge on any atom is -0.490 e.